The van der Waals surface area contributed by atoms with Crippen molar-refractivity contribution < 1.29 is 14.0 Å². The summed E-state index contributed by atoms with van der Waals surface area (Å²) >= 11 is 0. The van der Waals surface area contributed by atoms with Gasteiger partial charge < -0.3 is 10.2 Å². The molecule has 2 amide bonds. The molecule has 0 aromatic carbocycles. The van der Waals surface area contributed by atoms with E-state index in [4.69, 9.17) is 0 Å². The van der Waals surface area contributed by atoms with Crippen LogP contribution in [0.4, 0.5) is 4.39 Å². The Hall–Kier alpha value is -1.13. The summed E-state index contributed by atoms with van der Waals surface area (Å²) in [5.41, 5.74) is -1.84. The van der Waals surface area contributed by atoms with Crippen LogP contribution in [0.1, 0.15) is 32.1 Å². The van der Waals surface area contributed by atoms with Gasteiger partial charge in [0.15, 0.2) is 5.67 Å². The zero-order chi connectivity index (χ0) is 12.1. The summed E-state index contributed by atoms with van der Waals surface area (Å²) in [4.78, 5) is 25.2. The van der Waals surface area contributed by atoms with Crippen LogP contribution < -0.4 is 5.32 Å². The zero-order valence-electron chi connectivity index (χ0n) is 9.80. The minimum Gasteiger partial charge on any atom is -0.356 e. The molecule has 2 aliphatic heterocycles. The van der Waals surface area contributed by atoms with Crippen LogP contribution in [-0.2, 0) is 9.59 Å². The molecule has 3 fully saturated rings. The number of amides is 2. The third kappa shape index (κ3) is 1.63. The second-order valence-electron chi connectivity index (χ2n) is 5.54. The van der Waals surface area contributed by atoms with Gasteiger partial charge in [-0.05, 0) is 32.1 Å². The Labute approximate surface area is 99.5 Å². The second kappa shape index (κ2) is 3.43. The second-order valence-corrected chi connectivity index (χ2v) is 5.54. The SMILES string of the molecule is O=C(N1CCC2(CCNC2=O)CC1)C1(F)CC1. The van der Waals surface area contributed by atoms with E-state index in [9.17, 15) is 14.0 Å². The van der Waals surface area contributed by atoms with E-state index in [-0.39, 0.29) is 17.2 Å². The maximum absolute atomic E-state index is 13.7. The number of rotatable bonds is 1. The van der Waals surface area contributed by atoms with Crippen molar-refractivity contribution in [3.05, 3.63) is 0 Å². The maximum atomic E-state index is 13.7. The minimum atomic E-state index is -1.57. The molecule has 1 aliphatic carbocycles. The number of alkyl halides is 1. The van der Waals surface area contributed by atoms with E-state index < -0.39 is 5.67 Å². The molecule has 0 atom stereocenters. The lowest BCUT2D eigenvalue weighted by Crippen LogP contribution is -2.48. The summed E-state index contributed by atoms with van der Waals surface area (Å²) in [5.74, 6) is -0.239. The molecule has 0 unspecified atom stereocenters. The van der Waals surface area contributed by atoms with Gasteiger partial charge in [0, 0.05) is 19.6 Å². The van der Waals surface area contributed by atoms with Gasteiger partial charge in [-0.25, -0.2) is 4.39 Å². The van der Waals surface area contributed by atoms with Crippen molar-refractivity contribution in [3.8, 4) is 0 Å². The van der Waals surface area contributed by atoms with Gasteiger partial charge in [0.25, 0.3) is 5.91 Å². The lowest BCUT2D eigenvalue weighted by molar-refractivity contribution is -0.143. The molecular weight excluding hydrogens is 223 g/mol. The Bertz CT molecular complexity index is 371. The topological polar surface area (TPSA) is 49.4 Å². The number of hydrogen-bond acceptors (Lipinski definition) is 2. The first kappa shape index (κ1) is 11.0. The Balaban J connectivity index is 1.64. The van der Waals surface area contributed by atoms with Gasteiger partial charge in [-0.2, -0.15) is 0 Å². The number of nitrogens with one attached hydrogen (secondary N) is 1. The molecule has 0 aromatic rings. The van der Waals surface area contributed by atoms with Gasteiger partial charge >= 0.3 is 0 Å². The van der Waals surface area contributed by atoms with E-state index in [0.29, 0.717) is 38.8 Å². The van der Waals surface area contributed by atoms with Crippen molar-refractivity contribution >= 4 is 11.8 Å². The highest BCUT2D eigenvalue weighted by molar-refractivity contribution is 5.89. The number of carbonyl (C=O) groups excluding carboxylic acids is 2. The van der Waals surface area contributed by atoms with Crippen molar-refractivity contribution in [2.24, 2.45) is 5.41 Å². The summed E-state index contributed by atoms with van der Waals surface area (Å²) in [7, 11) is 0. The van der Waals surface area contributed by atoms with Gasteiger partial charge in [-0.1, -0.05) is 0 Å². The normalized spacial score (nSPS) is 29.2. The van der Waals surface area contributed by atoms with E-state index >= 15 is 0 Å². The van der Waals surface area contributed by atoms with Crippen LogP contribution in [-0.4, -0.2) is 42.0 Å². The molecule has 2 saturated heterocycles. The summed E-state index contributed by atoms with van der Waals surface area (Å²) in [6.07, 6.45) is 2.96. The molecule has 0 aromatic heterocycles. The van der Waals surface area contributed by atoms with Crippen LogP contribution in [0, 0.1) is 5.41 Å². The van der Waals surface area contributed by atoms with Crippen molar-refractivity contribution in [1.29, 1.82) is 0 Å². The third-order valence-corrected chi connectivity index (χ3v) is 4.45. The van der Waals surface area contributed by atoms with Crippen molar-refractivity contribution in [2.75, 3.05) is 19.6 Å². The first-order chi connectivity index (χ1) is 8.06. The quantitative estimate of drug-likeness (QED) is 0.730. The number of likely N-dealkylation sites (tertiary alicyclic amines) is 1. The molecule has 1 N–H and O–H groups in total. The van der Waals surface area contributed by atoms with E-state index in [1.807, 2.05) is 0 Å². The Morgan fingerprint density at radius 2 is 1.82 bits per heavy atom. The van der Waals surface area contributed by atoms with E-state index in [2.05, 4.69) is 5.32 Å². The zero-order valence-corrected chi connectivity index (χ0v) is 9.80. The van der Waals surface area contributed by atoms with Crippen molar-refractivity contribution in [2.45, 2.75) is 37.8 Å². The molecule has 5 heteroatoms. The highest BCUT2D eigenvalue weighted by atomic mass is 19.1. The summed E-state index contributed by atoms with van der Waals surface area (Å²) in [6, 6.07) is 0. The van der Waals surface area contributed by atoms with Crippen LogP contribution in [0.3, 0.4) is 0 Å². The molecule has 0 radical (unpaired) electrons. The molecule has 1 spiro atoms. The number of halogens is 1. The van der Waals surface area contributed by atoms with E-state index in [1.165, 1.54) is 0 Å². The van der Waals surface area contributed by atoms with E-state index in [1.54, 1.807) is 4.90 Å². The highest BCUT2D eigenvalue weighted by Crippen LogP contribution is 2.44. The molecule has 94 valence electrons. The lowest BCUT2D eigenvalue weighted by atomic mass is 9.77. The molecule has 1 saturated carbocycles. The lowest BCUT2D eigenvalue weighted by Gasteiger charge is -2.37. The number of hydrogen-bond donors (Lipinski definition) is 1. The predicted molar refractivity (Wildman–Crippen MR) is 58.9 cm³/mol. The minimum absolute atomic E-state index is 0.117. The van der Waals surface area contributed by atoms with Crippen molar-refractivity contribution in [1.82, 2.24) is 10.2 Å². The van der Waals surface area contributed by atoms with Crippen LogP contribution in [0.15, 0.2) is 0 Å². The molecule has 4 nitrogen and oxygen atoms in total. The molecule has 3 aliphatic rings. The standard InChI is InChI=1S/C12H17FN2O2/c13-12(1-2-12)10(17)15-7-4-11(5-8-15)3-6-14-9(11)16/h1-8H2,(H,14,16). The number of carbonyl (C=O) groups is 2. The van der Waals surface area contributed by atoms with Crippen LogP contribution in [0.25, 0.3) is 0 Å². The molecule has 17 heavy (non-hydrogen) atoms. The summed E-state index contributed by atoms with van der Waals surface area (Å²) < 4.78 is 13.7. The number of nitrogens with zero attached hydrogens (tertiary/aromatic N) is 1. The predicted octanol–water partition coefficient (Wildman–Crippen LogP) is 0.617. The molecule has 0 bridgehead atoms. The first-order valence-electron chi connectivity index (χ1n) is 6.32. The summed E-state index contributed by atoms with van der Waals surface area (Å²) in [6.45, 7) is 1.79. The average molecular weight is 240 g/mol. The number of piperidine rings is 1. The highest BCUT2D eigenvalue weighted by Gasteiger charge is 2.54. The molecule has 3 rings (SSSR count). The van der Waals surface area contributed by atoms with Gasteiger partial charge in [0.05, 0.1) is 5.41 Å². The van der Waals surface area contributed by atoms with Crippen LogP contribution in [0.5, 0.6) is 0 Å². The Morgan fingerprint density at radius 1 is 1.18 bits per heavy atom. The van der Waals surface area contributed by atoms with Gasteiger partial charge in [0.1, 0.15) is 0 Å². The van der Waals surface area contributed by atoms with E-state index in [0.717, 1.165) is 13.0 Å². The fourth-order valence-electron chi connectivity index (χ4n) is 2.94. The van der Waals surface area contributed by atoms with Gasteiger partial charge in [-0.15, -0.1) is 0 Å². The van der Waals surface area contributed by atoms with Gasteiger partial charge in [-0.3, -0.25) is 9.59 Å². The Morgan fingerprint density at radius 3 is 2.29 bits per heavy atom. The Kier molecular flexibility index (Phi) is 2.22. The largest absolute Gasteiger partial charge is 0.356 e. The van der Waals surface area contributed by atoms with Crippen LogP contribution in [0.2, 0.25) is 0 Å². The average Bonchev–Trinajstić information content (AvgIpc) is 2.99. The van der Waals surface area contributed by atoms with Crippen molar-refractivity contribution in [3.63, 3.8) is 0 Å². The smallest absolute Gasteiger partial charge is 0.260 e. The fraction of sp³-hybridized carbons (Fsp3) is 0.833. The maximum Gasteiger partial charge on any atom is 0.260 e. The van der Waals surface area contributed by atoms with Gasteiger partial charge in [0.2, 0.25) is 5.91 Å². The molecule has 2 heterocycles. The monoisotopic (exact) mass is 240 g/mol. The van der Waals surface area contributed by atoms with Crippen LogP contribution >= 0.6 is 0 Å². The third-order valence-electron chi connectivity index (χ3n) is 4.45. The molecular formula is C12H17FN2O2. The summed E-state index contributed by atoms with van der Waals surface area (Å²) in [5, 5.41) is 2.85. The first-order valence-corrected chi connectivity index (χ1v) is 6.32. The fourth-order valence-corrected chi connectivity index (χ4v) is 2.94.